The number of rotatable bonds is 6. The van der Waals surface area contributed by atoms with Crippen LogP contribution in [-0.2, 0) is 4.74 Å². The maximum Gasteiger partial charge on any atom is 0.341 e. The number of para-hydroxylation sites is 1. The van der Waals surface area contributed by atoms with E-state index in [1.54, 1.807) is 37.3 Å². The first kappa shape index (κ1) is 20.6. The molecule has 0 atom stereocenters. The van der Waals surface area contributed by atoms with Crippen molar-refractivity contribution in [2.75, 3.05) is 19.0 Å². The van der Waals surface area contributed by atoms with Crippen LogP contribution < -0.4 is 15.6 Å². The summed E-state index contributed by atoms with van der Waals surface area (Å²) < 4.78 is 15.9. The Morgan fingerprint density at radius 3 is 2.66 bits per heavy atom. The van der Waals surface area contributed by atoms with Gasteiger partial charge in [-0.05, 0) is 31.0 Å². The fraction of sp³-hybridized carbons (Fsp3) is 0.286. The van der Waals surface area contributed by atoms with Gasteiger partial charge < -0.3 is 19.2 Å². The molecule has 2 N–H and O–H groups in total. The van der Waals surface area contributed by atoms with Crippen molar-refractivity contribution in [1.82, 2.24) is 0 Å². The number of ether oxygens (including phenoxy) is 2. The van der Waals surface area contributed by atoms with Gasteiger partial charge in [-0.25, -0.2) is 4.79 Å². The van der Waals surface area contributed by atoms with E-state index in [2.05, 4.69) is 5.32 Å². The van der Waals surface area contributed by atoms with Gasteiger partial charge in [0.15, 0.2) is 11.3 Å². The first-order chi connectivity index (χ1) is 13.8. The molecule has 0 bridgehead atoms. The zero-order chi connectivity index (χ0) is 21.1. The van der Waals surface area contributed by atoms with E-state index in [-0.39, 0.29) is 23.6 Å². The van der Waals surface area contributed by atoms with Gasteiger partial charge in [0, 0.05) is 10.3 Å². The Bertz CT molecular complexity index is 1130. The number of amides is 1. The van der Waals surface area contributed by atoms with E-state index in [1.807, 2.05) is 13.8 Å². The summed E-state index contributed by atoms with van der Waals surface area (Å²) in [5.41, 5.74) is 0.458. The second-order valence-corrected chi connectivity index (χ2v) is 7.67. The van der Waals surface area contributed by atoms with Crippen molar-refractivity contribution in [2.24, 2.45) is 0 Å². The molecule has 1 aromatic carbocycles. The molecule has 0 aliphatic heterocycles. The summed E-state index contributed by atoms with van der Waals surface area (Å²) in [5.74, 6) is -0.364. The van der Waals surface area contributed by atoms with Gasteiger partial charge in [0.2, 0.25) is 5.55 Å². The molecule has 0 aliphatic rings. The van der Waals surface area contributed by atoms with Gasteiger partial charge in [0.25, 0.3) is 5.91 Å². The number of fused-ring (bicyclic) bond motifs is 1. The number of nitrogens with one attached hydrogen (secondary N) is 2. The van der Waals surface area contributed by atoms with Crippen molar-refractivity contribution in [3.63, 3.8) is 0 Å². The van der Waals surface area contributed by atoms with Crippen LogP contribution in [0.15, 0.2) is 34.7 Å². The van der Waals surface area contributed by atoms with Crippen LogP contribution in [-0.4, -0.2) is 25.6 Å². The standard InChI is InChI=1S/C21H22N2O5S/c1-5-27-21(25)14-10-16(11(2)3)29-20(14)23-19(24)13-9-12-7-6-8-15(26-4)17(12)28-18(13)22/h6-11,22H,5H2,1-4H3,(H,23,24). The van der Waals surface area contributed by atoms with E-state index < -0.39 is 11.9 Å². The van der Waals surface area contributed by atoms with Crippen LogP contribution in [0.25, 0.3) is 11.0 Å². The number of carbonyl (C=O) groups is 2. The number of hydrogen-bond acceptors (Lipinski definition) is 7. The van der Waals surface area contributed by atoms with Crippen molar-refractivity contribution in [3.05, 3.63) is 51.9 Å². The molecule has 7 nitrogen and oxygen atoms in total. The number of hydrogen-bond donors (Lipinski definition) is 2. The minimum atomic E-state index is -0.536. The molecule has 2 heterocycles. The van der Waals surface area contributed by atoms with Crippen LogP contribution in [0.5, 0.6) is 5.75 Å². The molecule has 0 spiro atoms. The lowest BCUT2D eigenvalue weighted by molar-refractivity contribution is 0.0528. The van der Waals surface area contributed by atoms with Crippen molar-refractivity contribution in [2.45, 2.75) is 26.7 Å². The Morgan fingerprint density at radius 1 is 1.24 bits per heavy atom. The fourth-order valence-electron chi connectivity index (χ4n) is 2.78. The number of carbonyl (C=O) groups excluding carboxylic acids is 2. The third kappa shape index (κ3) is 4.17. The molecular formula is C21H22N2O5S. The molecule has 0 fully saturated rings. The maximum absolute atomic E-state index is 12.9. The highest BCUT2D eigenvalue weighted by Crippen LogP contribution is 2.34. The summed E-state index contributed by atoms with van der Waals surface area (Å²) in [4.78, 5) is 26.1. The van der Waals surface area contributed by atoms with Gasteiger partial charge >= 0.3 is 5.97 Å². The van der Waals surface area contributed by atoms with E-state index in [0.29, 0.717) is 27.3 Å². The second-order valence-electron chi connectivity index (χ2n) is 6.59. The topological polar surface area (TPSA) is 102 Å². The summed E-state index contributed by atoms with van der Waals surface area (Å²) in [7, 11) is 1.51. The molecule has 3 aromatic rings. The van der Waals surface area contributed by atoms with Crippen LogP contribution in [0, 0.1) is 5.41 Å². The van der Waals surface area contributed by atoms with Crippen LogP contribution in [0.2, 0.25) is 0 Å². The first-order valence-electron chi connectivity index (χ1n) is 9.13. The monoisotopic (exact) mass is 414 g/mol. The molecule has 3 rings (SSSR count). The van der Waals surface area contributed by atoms with E-state index >= 15 is 0 Å². The smallest absolute Gasteiger partial charge is 0.341 e. The zero-order valence-electron chi connectivity index (χ0n) is 16.6. The summed E-state index contributed by atoms with van der Waals surface area (Å²) in [6.45, 7) is 5.97. The molecule has 0 saturated heterocycles. The van der Waals surface area contributed by atoms with Crippen LogP contribution in [0.1, 0.15) is 52.3 Å². The molecule has 1 amide bonds. The molecule has 0 saturated carbocycles. The molecular weight excluding hydrogens is 392 g/mol. The minimum absolute atomic E-state index is 0.0556. The van der Waals surface area contributed by atoms with Crippen molar-refractivity contribution < 1.29 is 23.5 Å². The number of methoxy groups -OCH3 is 1. The lowest BCUT2D eigenvalue weighted by atomic mass is 10.1. The van der Waals surface area contributed by atoms with Gasteiger partial charge in [-0.1, -0.05) is 26.0 Å². The van der Waals surface area contributed by atoms with Crippen LogP contribution in [0.4, 0.5) is 5.00 Å². The molecule has 8 heteroatoms. The number of benzene rings is 1. The Hall–Kier alpha value is -3.13. The van der Waals surface area contributed by atoms with Crippen molar-refractivity contribution in [3.8, 4) is 5.75 Å². The highest BCUT2D eigenvalue weighted by Gasteiger charge is 2.22. The van der Waals surface area contributed by atoms with Gasteiger partial charge in [0.1, 0.15) is 10.6 Å². The lowest BCUT2D eigenvalue weighted by Gasteiger charge is -2.08. The van der Waals surface area contributed by atoms with E-state index in [1.165, 1.54) is 18.4 Å². The quantitative estimate of drug-likeness (QED) is 0.577. The van der Waals surface area contributed by atoms with Crippen molar-refractivity contribution >= 4 is 39.2 Å². The molecule has 152 valence electrons. The van der Waals surface area contributed by atoms with Gasteiger partial charge in [0.05, 0.1) is 19.3 Å². The largest absolute Gasteiger partial charge is 0.493 e. The van der Waals surface area contributed by atoms with Crippen LogP contribution >= 0.6 is 11.3 Å². The van der Waals surface area contributed by atoms with Gasteiger partial charge in [-0.3, -0.25) is 10.2 Å². The third-order valence-corrected chi connectivity index (χ3v) is 5.62. The minimum Gasteiger partial charge on any atom is -0.493 e. The number of anilines is 1. The molecule has 0 radical (unpaired) electrons. The van der Waals surface area contributed by atoms with Gasteiger partial charge in [-0.15, -0.1) is 11.3 Å². The predicted molar refractivity (Wildman–Crippen MR) is 111 cm³/mol. The summed E-state index contributed by atoms with van der Waals surface area (Å²) in [6.07, 6.45) is 0. The molecule has 0 aliphatic carbocycles. The van der Waals surface area contributed by atoms with Gasteiger partial charge in [-0.2, -0.15) is 0 Å². The highest BCUT2D eigenvalue weighted by atomic mass is 32.1. The highest BCUT2D eigenvalue weighted by molar-refractivity contribution is 7.16. The summed E-state index contributed by atoms with van der Waals surface area (Å²) >= 11 is 1.32. The average Bonchev–Trinajstić information content (AvgIpc) is 3.11. The Morgan fingerprint density at radius 2 is 2.00 bits per heavy atom. The predicted octanol–water partition coefficient (Wildman–Crippen LogP) is 4.53. The first-order valence-corrected chi connectivity index (χ1v) is 9.95. The Balaban J connectivity index is 1.99. The molecule has 2 aromatic heterocycles. The maximum atomic E-state index is 12.9. The van der Waals surface area contributed by atoms with E-state index in [9.17, 15) is 9.59 Å². The van der Waals surface area contributed by atoms with E-state index in [4.69, 9.17) is 19.3 Å². The van der Waals surface area contributed by atoms with Crippen LogP contribution in [0.3, 0.4) is 0 Å². The Labute approximate surface area is 171 Å². The number of thiophene rings is 1. The fourth-order valence-corrected chi connectivity index (χ4v) is 3.83. The summed E-state index contributed by atoms with van der Waals surface area (Å²) in [5, 5.41) is 11.9. The van der Waals surface area contributed by atoms with Crippen molar-refractivity contribution in [1.29, 1.82) is 5.41 Å². The van der Waals surface area contributed by atoms with E-state index in [0.717, 1.165) is 4.88 Å². The average molecular weight is 414 g/mol. The number of esters is 1. The summed E-state index contributed by atoms with van der Waals surface area (Å²) in [6, 6.07) is 8.56. The SMILES string of the molecule is CCOC(=O)c1cc(C(C)C)sc1NC(=O)c1cc2cccc(OC)c2oc1=N. The normalized spacial score (nSPS) is 10.9. The Kier molecular flexibility index (Phi) is 6.03. The lowest BCUT2D eigenvalue weighted by Crippen LogP contribution is -2.21. The molecule has 29 heavy (non-hydrogen) atoms. The zero-order valence-corrected chi connectivity index (χ0v) is 17.4. The second kappa shape index (κ2) is 8.48. The molecule has 0 unspecified atom stereocenters. The third-order valence-electron chi connectivity index (χ3n) is 4.27.